The number of carbonyl (C=O) groups is 3. The van der Waals surface area contributed by atoms with Crippen molar-refractivity contribution in [1.29, 1.82) is 0 Å². The van der Waals surface area contributed by atoms with Crippen molar-refractivity contribution in [2.45, 2.75) is 12.0 Å². The molecule has 2 amide bonds. The molecule has 138 valence electrons. The van der Waals surface area contributed by atoms with E-state index in [1.807, 2.05) is 0 Å². The van der Waals surface area contributed by atoms with Crippen molar-refractivity contribution in [1.82, 2.24) is 4.90 Å². The molecule has 0 radical (unpaired) electrons. The van der Waals surface area contributed by atoms with Gasteiger partial charge in [0.1, 0.15) is 12.3 Å². The van der Waals surface area contributed by atoms with E-state index >= 15 is 0 Å². The van der Waals surface area contributed by atoms with Crippen LogP contribution < -0.4 is 0 Å². The van der Waals surface area contributed by atoms with Gasteiger partial charge in [-0.05, 0) is 29.8 Å². The third-order valence-corrected chi connectivity index (χ3v) is 4.95. The van der Waals surface area contributed by atoms with Crippen molar-refractivity contribution < 1.29 is 19.3 Å². The highest BCUT2D eigenvalue weighted by Crippen LogP contribution is 2.34. The van der Waals surface area contributed by atoms with Gasteiger partial charge in [-0.25, -0.2) is 0 Å². The quantitative estimate of drug-likeness (QED) is 0.317. The van der Waals surface area contributed by atoms with Crippen molar-refractivity contribution in [3.05, 3.63) is 79.3 Å². The molecule has 1 aliphatic heterocycles. The summed E-state index contributed by atoms with van der Waals surface area (Å²) in [5, 5.41) is 11.6. The fraction of sp³-hybridized carbons (Fsp3) is 0.167. The minimum Gasteiger partial charge on any atom is -0.301 e. The number of nitrogens with zero attached hydrogens (tertiary/aromatic N) is 2. The lowest BCUT2D eigenvalue weighted by Crippen LogP contribution is -2.46. The van der Waals surface area contributed by atoms with Gasteiger partial charge in [-0.2, -0.15) is 0 Å². The fourth-order valence-corrected chi connectivity index (χ4v) is 3.72. The molecule has 1 heterocycles. The average Bonchev–Trinajstić information content (AvgIpc) is 2.87. The Morgan fingerprint density at radius 1 is 1.07 bits per heavy atom. The summed E-state index contributed by atoms with van der Waals surface area (Å²) in [7, 11) is 0. The van der Waals surface area contributed by atoms with E-state index < -0.39 is 35.2 Å². The maximum Gasteiger partial charge on any atom is 0.262 e. The van der Waals surface area contributed by atoms with Crippen LogP contribution in [0, 0.1) is 10.1 Å². The number of hydrogen-bond acceptors (Lipinski definition) is 5. The Bertz CT molecular complexity index is 928. The lowest BCUT2D eigenvalue weighted by atomic mass is 9.91. The van der Waals surface area contributed by atoms with Gasteiger partial charge in [0, 0.05) is 15.0 Å². The smallest absolute Gasteiger partial charge is 0.262 e. The lowest BCUT2D eigenvalue weighted by Gasteiger charge is -2.28. The van der Waals surface area contributed by atoms with Crippen LogP contribution in [0.15, 0.2) is 42.5 Å². The van der Waals surface area contributed by atoms with E-state index in [0.717, 1.165) is 4.90 Å². The number of benzene rings is 2. The molecule has 2 atom stereocenters. The number of carbonyl (C=O) groups excluding carboxylic acids is 3. The van der Waals surface area contributed by atoms with E-state index in [1.54, 1.807) is 12.1 Å². The maximum absolute atomic E-state index is 12.7. The van der Waals surface area contributed by atoms with Gasteiger partial charge in [0.05, 0.1) is 17.0 Å². The summed E-state index contributed by atoms with van der Waals surface area (Å²) in [5.41, 5.74) is 0.555. The predicted molar refractivity (Wildman–Crippen MR) is 97.9 cm³/mol. The van der Waals surface area contributed by atoms with Crippen LogP contribution in [0.3, 0.4) is 0 Å². The zero-order chi connectivity index (χ0) is 19.7. The molecule has 0 aromatic heterocycles. The molecule has 0 unspecified atom stereocenters. The minimum absolute atomic E-state index is 0.109. The molecule has 0 N–H and O–H groups in total. The second-order valence-electron chi connectivity index (χ2n) is 5.94. The molecule has 2 aromatic rings. The molecule has 0 spiro atoms. The zero-order valence-electron chi connectivity index (χ0n) is 13.7. The molecule has 0 saturated carbocycles. The van der Waals surface area contributed by atoms with Crippen LogP contribution in [0.5, 0.6) is 0 Å². The normalized spacial score (nSPS) is 15.4. The largest absolute Gasteiger partial charge is 0.301 e. The molecule has 0 aliphatic carbocycles. The van der Waals surface area contributed by atoms with Crippen molar-refractivity contribution in [2.75, 3.05) is 6.54 Å². The number of imide groups is 1. The molecule has 9 heteroatoms. The summed E-state index contributed by atoms with van der Waals surface area (Å²) in [5.74, 6) is -2.47. The van der Waals surface area contributed by atoms with E-state index in [4.69, 9.17) is 23.2 Å². The monoisotopic (exact) mass is 406 g/mol. The summed E-state index contributed by atoms with van der Waals surface area (Å²) in [6, 6.07) is 9.04. The molecule has 3 rings (SSSR count). The van der Waals surface area contributed by atoms with E-state index in [-0.39, 0.29) is 21.7 Å². The zero-order valence-corrected chi connectivity index (χ0v) is 15.2. The van der Waals surface area contributed by atoms with Crippen molar-refractivity contribution in [3.63, 3.8) is 0 Å². The maximum atomic E-state index is 12.7. The highest BCUT2D eigenvalue weighted by molar-refractivity contribution is 6.35. The van der Waals surface area contributed by atoms with E-state index in [2.05, 4.69) is 0 Å². The Morgan fingerprint density at radius 2 is 1.67 bits per heavy atom. The predicted octanol–water partition coefficient (Wildman–Crippen LogP) is 3.22. The van der Waals surface area contributed by atoms with Gasteiger partial charge >= 0.3 is 0 Å². The summed E-state index contributed by atoms with van der Waals surface area (Å²) < 4.78 is 0. The van der Waals surface area contributed by atoms with Gasteiger partial charge in [0.25, 0.3) is 11.8 Å². The van der Waals surface area contributed by atoms with Crippen LogP contribution in [-0.2, 0) is 4.79 Å². The molecule has 27 heavy (non-hydrogen) atoms. The molecule has 2 aromatic carbocycles. The minimum atomic E-state index is -1.39. The van der Waals surface area contributed by atoms with E-state index in [1.165, 1.54) is 30.3 Å². The first kappa shape index (κ1) is 19.0. The van der Waals surface area contributed by atoms with E-state index in [0.29, 0.717) is 11.3 Å². The summed E-state index contributed by atoms with van der Waals surface area (Å²) >= 11 is 12.0. The number of aldehydes is 1. The number of halogens is 2. The van der Waals surface area contributed by atoms with Gasteiger partial charge in [-0.3, -0.25) is 24.6 Å². The van der Waals surface area contributed by atoms with Gasteiger partial charge < -0.3 is 4.79 Å². The number of amides is 2. The number of rotatable bonds is 6. The van der Waals surface area contributed by atoms with Gasteiger partial charge in [0.15, 0.2) is 0 Å². The molecular formula is C18H12Cl2N2O5. The van der Waals surface area contributed by atoms with Crippen molar-refractivity contribution in [3.8, 4) is 0 Å². The SMILES string of the molecule is O=C[C@H]([C@@H](C[N+](=O)[O-])c1ccc(Cl)cc1Cl)N1C(=O)c2ccccc2C1=O. The lowest BCUT2D eigenvalue weighted by molar-refractivity contribution is -0.484. The third-order valence-electron chi connectivity index (χ3n) is 4.38. The van der Waals surface area contributed by atoms with Crippen LogP contribution in [0.1, 0.15) is 32.2 Å². The highest BCUT2D eigenvalue weighted by atomic mass is 35.5. The molecule has 0 fully saturated rings. The first-order chi connectivity index (χ1) is 12.8. The van der Waals surface area contributed by atoms with Crippen LogP contribution in [0.2, 0.25) is 10.0 Å². The van der Waals surface area contributed by atoms with Crippen LogP contribution in [-0.4, -0.2) is 40.5 Å². The molecule has 7 nitrogen and oxygen atoms in total. The Hall–Kier alpha value is -2.77. The second-order valence-corrected chi connectivity index (χ2v) is 6.78. The van der Waals surface area contributed by atoms with Gasteiger partial charge in [-0.15, -0.1) is 0 Å². The molecule has 0 bridgehead atoms. The standard InChI is InChI=1S/C18H12Cl2N2O5/c19-10-5-6-11(15(20)7-10)14(8-21(26)27)16(9-23)22-17(24)12-3-1-2-4-13(12)18(22)25/h1-7,9,14,16H,8H2/t14-,16+/m0/s1. The van der Waals surface area contributed by atoms with Gasteiger partial charge in [-0.1, -0.05) is 41.4 Å². The Kier molecular flexibility index (Phi) is 5.25. The second kappa shape index (κ2) is 7.46. The fourth-order valence-electron chi connectivity index (χ4n) is 3.17. The number of fused-ring (bicyclic) bond motifs is 1. The van der Waals surface area contributed by atoms with Crippen molar-refractivity contribution in [2.24, 2.45) is 0 Å². The number of hydrogen-bond donors (Lipinski definition) is 0. The topological polar surface area (TPSA) is 97.6 Å². The van der Waals surface area contributed by atoms with Crippen molar-refractivity contribution >= 4 is 41.3 Å². The first-order valence-corrected chi connectivity index (χ1v) is 8.59. The Balaban J connectivity index is 2.08. The average molecular weight is 407 g/mol. The molecule has 0 saturated heterocycles. The highest BCUT2D eigenvalue weighted by Gasteiger charge is 2.44. The van der Waals surface area contributed by atoms with Crippen LogP contribution in [0.25, 0.3) is 0 Å². The van der Waals surface area contributed by atoms with Crippen LogP contribution in [0.4, 0.5) is 0 Å². The van der Waals surface area contributed by atoms with Crippen LogP contribution >= 0.6 is 23.2 Å². The first-order valence-electron chi connectivity index (χ1n) is 7.84. The summed E-state index contributed by atoms with van der Waals surface area (Å²) in [6.45, 7) is -0.696. The molecular weight excluding hydrogens is 395 g/mol. The van der Waals surface area contributed by atoms with E-state index in [9.17, 15) is 24.5 Å². The summed E-state index contributed by atoms with van der Waals surface area (Å²) in [6.07, 6.45) is 0.362. The third kappa shape index (κ3) is 3.43. The number of nitro groups is 1. The Labute approximate surface area is 163 Å². The molecule has 1 aliphatic rings. The Morgan fingerprint density at radius 3 is 2.15 bits per heavy atom. The van der Waals surface area contributed by atoms with Gasteiger partial charge in [0.2, 0.25) is 6.54 Å². The summed E-state index contributed by atoms with van der Waals surface area (Å²) in [4.78, 5) is 48.6.